The lowest BCUT2D eigenvalue weighted by molar-refractivity contribution is -0.138. The van der Waals surface area contributed by atoms with Crippen LogP contribution in [-0.4, -0.2) is 23.3 Å². The van der Waals surface area contributed by atoms with E-state index in [-0.39, 0.29) is 12.2 Å². The zero-order valence-electron chi connectivity index (χ0n) is 18.3. The number of halogens is 1. The predicted octanol–water partition coefficient (Wildman–Crippen LogP) is 5.36. The normalized spacial score (nSPS) is 15.8. The van der Waals surface area contributed by atoms with Gasteiger partial charge in [0.15, 0.2) is 0 Å². The number of aromatic nitrogens is 1. The number of rotatable bonds is 6. The number of nitriles is 2. The molecule has 0 bridgehead atoms. The molecule has 2 heterocycles. The number of thioether (sulfide) groups is 2. The summed E-state index contributed by atoms with van der Waals surface area (Å²) in [6.07, 6.45) is 0. The topological polar surface area (TPSA) is 113 Å². The molecular weight excluding hydrogens is 476 g/mol. The molecule has 0 saturated carbocycles. The quantitative estimate of drug-likeness (QED) is 0.420. The largest absolute Gasteiger partial charge is 0.463 e. The molecule has 33 heavy (non-hydrogen) atoms. The Morgan fingerprint density at radius 1 is 1.30 bits per heavy atom. The van der Waals surface area contributed by atoms with Gasteiger partial charge in [-0.25, -0.2) is 9.78 Å². The Balaban J connectivity index is 2.14. The van der Waals surface area contributed by atoms with Crippen molar-refractivity contribution >= 4 is 41.1 Å². The summed E-state index contributed by atoms with van der Waals surface area (Å²) >= 11 is 8.97. The SMILES string of the molecule is CCOC(=O)C1=C(CSc2nc(C)cc(C)c2C#N)SC(N)=C(C#N)[C@@H]1c1ccccc1Cl. The molecule has 1 aliphatic rings. The van der Waals surface area contributed by atoms with E-state index < -0.39 is 11.9 Å². The molecule has 2 aromatic rings. The number of nitrogens with zero attached hydrogens (tertiary/aromatic N) is 3. The molecule has 6 nitrogen and oxygen atoms in total. The molecular formula is C24H21ClN4O2S2. The Bertz CT molecular complexity index is 1260. The maximum Gasteiger partial charge on any atom is 0.335 e. The number of nitrogens with two attached hydrogens (primary N) is 1. The van der Waals surface area contributed by atoms with Crippen LogP contribution in [0.4, 0.5) is 0 Å². The molecule has 3 rings (SSSR count). The second kappa shape index (κ2) is 10.8. The number of esters is 1. The van der Waals surface area contributed by atoms with Crippen LogP contribution in [0.15, 0.2) is 56.4 Å². The molecule has 2 N–H and O–H groups in total. The number of benzene rings is 1. The molecule has 9 heteroatoms. The lowest BCUT2D eigenvalue weighted by Gasteiger charge is -2.28. The Labute approximate surface area is 206 Å². The maximum absolute atomic E-state index is 13.1. The first-order chi connectivity index (χ1) is 15.8. The van der Waals surface area contributed by atoms with Gasteiger partial charge in [-0.05, 0) is 44.0 Å². The van der Waals surface area contributed by atoms with Crippen molar-refractivity contribution in [2.75, 3.05) is 12.4 Å². The van der Waals surface area contributed by atoms with Crippen molar-refractivity contribution in [3.63, 3.8) is 0 Å². The smallest absolute Gasteiger partial charge is 0.335 e. The van der Waals surface area contributed by atoms with Gasteiger partial charge >= 0.3 is 5.97 Å². The predicted molar refractivity (Wildman–Crippen MR) is 131 cm³/mol. The molecule has 168 valence electrons. The summed E-state index contributed by atoms with van der Waals surface area (Å²) in [5.74, 6) is -0.953. The number of pyridine rings is 1. The van der Waals surface area contributed by atoms with Gasteiger partial charge < -0.3 is 10.5 Å². The summed E-state index contributed by atoms with van der Waals surface area (Å²) in [7, 11) is 0. The molecule has 0 radical (unpaired) electrons. The molecule has 0 aliphatic carbocycles. The number of hydrogen-bond acceptors (Lipinski definition) is 8. The van der Waals surface area contributed by atoms with Crippen LogP contribution in [0.1, 0.15) is 35.2 Å². The minimum absolute atomic E-state index is 0.182. The number of carbonyl (C=O) groups is 1. The summed E-state index contributed by atoms with van der Waals surface area (Å²) in [5, 5.41) is 20.8. The van der Waals surface area contributed by atoms with Crippen LogP contribution in [0, 0.1) is 36.5 Å². The van der Waals surface area contributed by atoms with Crippen molar-refractivity contribution < 1.29 is 9.53 Å². The van der Waals surface area contributed by atoms with E-state index in [1.165, 1.54) is 23.5 Å². The van der Waals surface area contributed by atoms with Crippen molar-refractivity contribution in [3.05, 3.63) is 78.8 Å². The van der Waals surface area contributed by atoms with E-state index in [2.05, 4.69) is 17.1 Å². The van der Waals surface area contributed by atoms with Gasteiger partial charge in [-0.15, -0.1) is 0 Å². The summed E-state index contributed by atoms with van der Waals surface area (Å²) in [6, 6.07) is 13.3. The summed E-state index contributed by atoms with van der Waals surface area (Å²) < 4.78 is 5.36. The molecule has 1 aromatic carbocycles. The number of hydrogen-bond donors (Lipinski definition) is 1. The minimum atomic E-state index is -0.748. The van der Waals surface area contributed by atoms with Gasteiger partial charge in [0.2, 0.25) is 0 Å². The standard InChI is InChI=1S/C24H21ClN4O2S2/c1-4-31-24(30)21-19(12-32-23-16(10-26)13(2)9-14(3)29-23)33-22(28)17(11-27)20(21)15-7-5-6-8-18(15)25/h5-9,20H,4,12,28H2,1-3H3/t20-/m0/s1. The van der Waals surface area contributed by atoms with Crippen LogP contribution in [0.5, 0.6) is 0 Å². The highest BCUT2D eigenvalue weighted by Gasteiger charge is 2.37. The van der Waals surface area contributed by atoms with E-state index in [4.69, 9.17) is 22.1 Å². The highest BCUT2D eigenvalue weighted by Crippen LogP contribution is 2.48. The first-order valence-corrected chi connectivity index (χ1v) is 12.2. The van der Waals surface area contributed by atoms with Gasteiger partial charge in [0.25, 0.3) is 0 Å². The zero-order chi connectivity index (χ0) is 24.1. The van der Waals surface area contributed by atoms with Gasteiger partial charge in [-0.2, -0.15) is 10.5 Å². The number of allylic oxidation sites excluding steroid dienone is 1. The Morgan fingerprint density at radius 3 is 2.67 bits per heavy atom. The molecule has 1 atom stereocenters. The monoisotopic (exact) mass is 496 g/mol. The van der Waals surface area contributed by atoms with Crippen LogP contribution in [0.3, 0.4) is 0 Å². The molecule has 1 aromatic heterocycles. The van der Waals surface area contributed by atoms with Crippen molar-refractivity contribution in [2.24, 2.45) is 5.73 Å². The highest BCUT2D eigenvalue weighted by atomic mass is 35.5. The van der Waals surface area contributed by atoms with Gasteiger partial charge in [0, 0.05) is 21.4 Å². The van der Waals surface area contributed by atoms with Crippen LogP contribution < -0.4 is 5.73 Å². The summed E-state index contributed by atoms with van der Waals surface area (Å²) in [6.45, 7) is 5.63. The molecule has 1 aliphatic heterocycles. The second-order valence-corrected chi connectivity index (χ2v) is 9.67. The molecule has 0 unspecified atom stereocenters. The summed E-state index contributed by atoms with van der Waals surface area (Å²) in [5.41, 5.74) is 9.60. The summed E-state index contributed by atoms with van der Waals surface area (Å²) in [4.78, 5) is 18.3. The second-order valence-electron chi connectivity index (χ2n) is 7.16. The Morgan fingerprint density at radius 2 is 2.03 bits per heavy atom. The van der Waals surface area contributed by atoms with Crippen molar-refractivity contribution in [1.82, 2.24) is 4.98 Å². The third kappa shape index (κ3) is 5.20. The first-order valence-electron chi connectivity index (χ1n) is 10.1. The van der Waals surface area contributed by atoms with E-state index in [9.17, 15) is 15.3 Å². The Hall–Kier alpha value is -2.91. The average molecular weight is 497 g/mol. The third-order valence-corrected chi connectivity index (χ3v) is 7.55. The molecule has 0 saturated heterocycles. The van der Waals surface area contributed by atoms with Gasteiger partial charge in [0.05, 0.1) is 40.3 Å². The minimum Gasteiger partial charge on any atom is -0.463 e. The van der Waals surface area contributed by atoms with Crippen LogP contribution >= 0.6 is 35.1 Å². The van der Waals surface area contributed by atoms with E-state index >= 15 is 0 Å². The van der Waals surface area contributed by atoms with Crippen LogP contribution in [-0.2, 0) is 9.53 Å². The molecule has 0 spiro atoms. The van der Waals surface area contributed by atoms with E-state index in [1.54, 1.807) is 31.2 Å². The Kier molecular flexibility index (Phi) is 8.10. The first kappa shape index (κ1) is 24.7. The fraction of sp³-hybridized carbons (Fsp3) is 0.250. The number of aryl methyl sites for hydroxylation is 2. The zero-order valence-corrected chi connectivity index (χ0v) is 20.7. The molecule has 0 amide bonds. The molecule has 0 fully saturated rings. The highest BCUT2D eigenvalue weighted by molar-refractivity contribution is 8.08. The number of carbonyl (C=O) groups excluding carboxylic acids is 1. The van der Waals surface area contributed by atoms with E-state index in [0.29, 0.717) is 42.4 Å². The van der Waals surface area contributed by atoms with Crippen molar-refractivity contribution in [2.45, 2.75) is 31.7 Å². The van der Waals surface area contributed by atoms with Gasteiger partial charge in [0.1, 0.15) is 11.1 Å². The number of ether oxygens (including phenoxy) is 1. The van der Waals surface area contributed by atoms with E-state index in [1.807, 2.05) is 19.9 Å². The van der Waals surface area contributed by atoms with Crippen LogP contribution in [0.2, 0.25) is 5.02 Å². The lowest BCUT2D eigenvalue weighted by Crippen LogP contribution is -2.23. The third-order valence-electron chi connectivity index (χ3n) is 4.97. The van der Waals surface area contributed by atoms with Crippen molar-refractivity contribution in [3.8, 4) is 12.1 Å². The van der Waals surface area contributed by atoms with Gasteiger partial charge in [-0.3, -0.25) is 0 Å². The average Bonchev–Trinajstić information content (AvgIpc) is 2.77. The maximum atomic E-state index is 13.1. The van der Waals surface area contributed by atoms with Crippen LogP contribution in [0.25, 0.3) is 0 Å². The lowest BCUT2D eigenvalue weighted by atomic mass is 9.84. The fourth-order valence-electron chi connectivity index (χ4n) is 3.55. The van der Waals surface area contributed by atoms with Crippen molar-refractivity contribution in [1.29, 1.82) is 10.5 Å². The van der Waals surface area contributed by atoms with E-state index in [0.717, 1.165) is 11.3 Å². The van der Waals surface area contributed by atoms with Gasteiger partial charge in [-0.1, -0.05) is 53.3 Å². The fourth-order valence-corrected chi connectivity index (χ4v) is 6.04.